The molecule has 110 valence electrons. The van der Waals surface area contributed by atoms with Gasteiger partial charge in [0.1, 0.15) is 16.6 Å². The van der Waals surface area contributed by atoms with Crippen LogP contribution in [0.1, 0.15) is 23.3 Å². The number of hydrogen-bond acceptors (Lipinski definition) is 4. The Kier molecular flexibility index (Phi) is 3.57. The summed E-state index contributed by atoms with van der Waals surface area (Å²) in [4.78, 5) is 21.8. The number of carboxylic acid groups (broad SMARTS) is 2. The number of aliphatic carboxylic acids is 1. The van der Waals surface area contributed by atoms with E-state index in [4.69, 9.17) is 10.2 Å². The highest BCUT2D eigenvalue weighted by molar-refractivity contribution is 7.89. The molecule has 1 aliphatic rings. The van der Waals surface area contributed by atoms with Gasteiger partial charge in [-0.05, 0) is 18.9 Å². The van der Waals surface area contributed by atoms with Crippen molar-refractivity contribution in [2.75, 3.05) is 6.54 Å². The molecule has 1 aliphatic heterocycles. The first-order valence-corrected chi connectivity index (χ1v) is 7.33. The highest BCUT2D eigenvalue weighted by Gasteiger charge is 2.40. The molecule has 1 aromatic heterocycles. The van der Waals surface area contributed by atoms with E-state index in [2.05, 4.69) is 0 Å². The molecule has 9 heteroatoms. The van der Waals surface area contributed by atoms with E-state index in [9.17, 15) is 18.0 Å². The van der Waals surface area contributed by atoms with Crippen molar-refractivity contribution in [3.8, 4) is 0 Å². The zero-order chi connectivity index (χ0) is 15.1. The predicted octanol–water partition coefficient (Wildman–Crippen LogP) is -0.0390. The second kappa shape index (κ2) is 4.91. The summed E-state index contributed by atoms with van der Waals surface area (Å²) in [5.74, 6) is -2.44. The number of sulfonamides is 1. The largest absolute Gasteiger partial charge is 0.480 e. The number of carbonyl (C=O) groups is 2. The van der Waals surface area contributed by atoms with Crippen molar-refractivity contribution in [3.63, 3.8) is 0 Å². The Morgan fingerprint density at radius 1 is 1.35 bits per heavy atom. The van der Waals surface area contributed by atoms with Crippen LogP contribution in [0.3, 0.4) is 0 Å². The molecule has 0 saturated carbocycles. The van der Waals surface area contributed by atoms with Gasteiger partial charge in [0.15, 0.2) is 0 Å². The van der Waals surface area contributed by atoms with E-state index in [0.29, 0.717) is 6.42 Å². The Morgan fingerprint density at radius 3 is 2.50 bits per heavy atom. The molecule has 0 aliphatic carbocycles. The van der Waals surface area contributed by atoms with E-state index < -0.39 is 28.0 Å². The van der Waals surface area contributed by atoms with Crippen molar-refractivity contribution >= 4 is 22.0 Å². The highest BCUT2D eigenvalue weighted by Crippen LogP contribution is 2.27. The molecule has 2 N–H and O–H groups in total. The highest BCUT2D eigenvalue weighted by atomic mass is 32.2. The van der Waals surface area contributed by atoms with E-state index in [0.717, 1.165) is 10.4 Å². The summed E-state index contributed by atoms with van der Waals surface area (Å²) >= 11 is 0. The second-order valence-corrected chi connectivity index (χ2v) is 6.48. The Bertz CT molecular complexity index is 662. The summed E-state index contributed by atoms with van der Waals surface area (Å²) in [6.45, 7) is 0.122. The van der Waals surface area contributed by atoms with Gasteiger partial charge in [-0.3, -0.25) is 4.79 Å². The lowest BCUT2D eigenvalue weighted by Gasteiger charge is -2.19. The molecule has 0 unspecified atom stereocenters. The summed E-state index contributed by atoms with van der Waals surface area (Å²) < 4.78 is 26.9. The van der Waals surface area contributed by atoms with Gasteiger partial charge in [-0.1, -0.05) is 0 Å². The second-order valence-electron chi connectivity index (χ2n) is 4.59. The Hall–Kier alpha value is -1.87. The molecule has 1 fully saturated rings. The molecule has 8 nitrogen and oxygen atoms in total. The summed E-state index contributed by atoms with van der Waals surface area (Å²) in [7, 11) is -2.58. The van der Waals surface area contributed by atoms with Crippen LogP contribution in [0.4, 0.5) is 0 Å². The van der Waals surface area contributed by atoms with Crippen LogP contribution in [0.15, 0.2) is 17.2 Å². The fourth-order valence-electron chi connectivity index (χ4n) is 2.30. The van der Waals surface area contributed by atoms with Crippen LogP contribution >= 0.6 is 0 Å². The summed E-state index contributed by atoms with van der Waals surface area (Å²) in [6, 6.07) is -0.0528. The number of nitrogens with zero attached hydrogens (tertiary/aromatic N) is 2. The number of aryl methyl sites for hydroxylation is 1. The summed E-state index contributed by atoms with van der Waals surface area (Å²) in [6.07, 6.45) is 1.90. The predicted molar refractivity (Wildman–Crippen MR) is 66.9 cm³/mol. The van der Waals surface area contributed by atoms with Gasteiger partial charge in [0.2, 0.25) is 10.0 Å². The Balaban J connectivity index is 2.43. The minimum atomic E-state index is -4.00. The van der Waals surface area contributed by atoms with Crippen LogP contribution in [-0.2, 0) is 21.9 Å². The van der Waals surface area contributed by atoms with Crippen LogP contribution in [0.25, 0.3) is 0 Å². The van der Waals surface area contributed by atoms with Crippen LogP contribution < -0.4 is 0 Å². The quantitative estimate of drug-likeness (QED) is 0.806. The standard InChI is InChI=1S/C11H14N2O6S/c1-12-6-7(5-9(12)11(16)17)20(18,19)13-4-2-3-8(13)10(14)15/h5-6,8H,2-4H2,1H3,(H,14,15)(H,16,17)/t8-/m1/s1. The molecule has 1 aromatic rings. The van der Waals surface area contributed by atoms with E-state index >= 15 is 0 Å². The number of carboxylic acids is 2. The van der Waals surface area contributed by atoms with Gasteiger partial charge in [0, 0.05) is 19.8 Å². The fraction of sp³-hybridized carbons (Fsp3) is 0.455. The topological polar surface area (TPSA) is 117 Å². The zero-order valence-corrected chi connectivity index (χ0v) is 11.5. The third kappa shape index (κ3) is 2.29. The maximum Gasteiger partial charge on any atom is 0.352 e. The van der Waals surface area contributed by atoms with Gasteiger partial charge in [0.25, 0.3) is 0 Å². The first kappa shape index (κ1) is 14.5. The molecule has 0 amide bonds. The van der Waals surface area contributed by atoms with E-state index in [1.165, 1.54) is 17.8 Å². The summed E-state index contributed by atoms with van der Waals surface area (Å²) in [5.41, 5.74) is -0.172. The van der Waals surface area contributed by atoms with Crippen LogP contribution in [0.2, 0.25) is 0 Å². The third-order valence-electron chi connectivity index (χ3n) is 3.29. The summed E-state index contributed by atoms with van der Waals surface area (Å²) in [5, 5.41) is 18.0. The molecule has 1 atom stereocenters. The zero-order valence-electron chi connectivity index (χ0n) is 10.7. The van der Waals surface area contributed by atoms with Crippen molar-refractivity contribution in [1.82, 2.24) is 8.87 Å². The van der Waals surface area contributed by atoms with Gasteiger partial charge >= 0.3 is 11.9 Å². The molecular weight excluding hydrogens is 288 g/mol. The molecule has 1 saturated heterocycles. The molecular formula is C11H14N2O6S. The minimum Gasteiger partial charge on any atom is -0.480 e. The Morgan fingerprint density at radius 2 is 2.00 bits per heavy atom. The van der Waals surface area contributed by atoms with Crippen LogP contribution in [-0.4, -0.2) is 52.0 Å². The average molecular weight is 302 g/mol. The monoisotopic (exact) mass is 302 g/mol. The lowest BCUT2D eigenvalue weighted by atomic mass is 10.2. The number of hydrogen-bond donors (Lipinski definition) is 2. The molecule has 0 radical (unpaired) electrons. The lowest BCUT2D eigenvalue weighted by molar-refractivity contribution is -0.140. The Labute approximate surface area is 115 Å². The van der Waals surface area contributed by atoms with Crippen molar-refractivity contribution in [2.45, 2.75) is 23.8 Å². The van der Waals surface area contributed by atoms with Gasteiger partial charge in [-0.2, -0.15) is 4.31 Å². The lowest BCUT2D eigenvalue weighted by Crippen LogP contribution is -2.40. The first-order valence-electron chi connectivity index (χ1n) is 5.89. The molecule has 0 bridgehead atoms. The van der Waals surface area contributed by atoms with Gasteiger partial charge < -0.3 is 14.8 Å². The third-order valence-corrected chi connectivity index (χ3v) is 5.17. The maximum absolute atomic E-state index is 12.4. The van der Waals surface area contributed by atoms with Crippen molar-refractivity contribution in [2.24, 2.45) is 7.05 Å². The van der Waals surface area contributed by atoms with Gasteiger partial charge in [-0.15, -0.1) is 0 Å². The van der Waals surface area contributed by atoms with Crippen LogP contribution in [0.5, 0.6) is 0 Å². The van der Waals surface area contributed by atoms with E-state index in [-0.39, 0.29) is 23.6 Å². The smallest absolute Gasteiger partial charge is 0.352 e. The minimum absolute atomic E-state index is 0.122. The molecule has 0 spiro atoms. The number of aromatic nitrogens is 1. The molecule has 20 heavy (non-hydrogen) atoms. The van der Waals surface area contributed by atoms with Gasteiger partial charge in [-0.25, -0.2) is 13.2 Å². The molecule has 2 heterocycles. The maximum atomic E-state index is 12.4. The van der Waals surface area contributed by atoms with E-state index in [1.54, 1.807) is 0 Å². The first-order chi connectivity index (χ1) is 9.25. The molecule has 2 rings (SSSR count). The number of rotatable bonds is 4. The van der Waals surface area contributed by atoms with Crippen molar-refractivity contribution in [3.05, 3.63) is 18.0 Å². The fourth-order valence-corrected chi connectivity index (χ4v) is 4.02. The van der Waals surface area contributed by atoms with Gasteiger partial charge in [0.05, 0.1) is 0 Å². The normalized spacial score (nSPS) is 20.1. The molecule has 0 aromatic carbocycles. The number of aromatic carboxylic acids is 1. The van der Waals surface area contributed by atoms with E-state index in [1.807, 2.05) is 0 Å². The SMILES string of the molecule is Cn1cc(S(=O)(=O)N2CCC[C@@H]2C(=O)O)cc1C(=O)O. The average Bonchev–Trinajstić information content (AvgIpc) is 2.94. The van der Waals surface area contributed by atoms with Crippen LogP contribution in [0, 0.1) is 0 Å². The van der Waals surface area contributed by atoms with Crippen molar-refractivity contribution in [1.29, 1.82) is 0 Å². The van der Waals surface area contributed by atoms with Crippen molar-refractivity contribution < 1.29 is 28.2 Å².